The van der Waals surface area contributed by atoms with Gasteiger partial charge in [0.25, 0.3) is 5.91 Å². The molecule has 104 valence electrons. The van der Waals surface area contributed by atoms with Crippen LogP contribution in [0.15, 0.2) is 34.8 Å². The third-order valence-electron chi connectivity index (χ3n) is 2.69. The van der Waals surface area contributed by atoms with Gasteiger partial charge in [-0.05, 0) is 36.8 Å². The molecular weight excluding hydrogens is 335 g/mol. The first-order chi connectivity index (χ1) is 9.38. The summed E-state index contributed by atoms with van der Waals surface area (Å²) in [4.78, 5) is 11.9. The van der Waals surface area contributed by atoms with Crippen LogP contribution >= 0.6 is 15.9 Å². The topological polar surface area (TPSA) is 29.1 Å². The predicted octanol–water partition coefficient (Wildman–Crippen LogP) is 4.43. The Labute approximate surface area is 121 Å². The normalized spacial score (nSPS) is 10.4. The molecule has 6 heteroatoms. The number of aryl methyl sites for hydroxylation is 1. The Morgan fingerprint density at radius 1 is 1.10 bits per heavy atom. The summed E-state index contributed by atoms with van der Waals surface area (Å²) in [6.45, 7) is 1.77. The van der Waals surface area contributed by atoms with E-state index in [1.165, 1.54) is 0 Å². The highest BCUT2D eigenvalue weighted by Gasteiger charge is 2.15. The van der Waals surface area contributed by atoms with Crippen LogP contribution in [0.1, 0.15) is 15.9 Å². The van der Waals surface area contributed by atoms with Gasteiger partial charge in [0.2, 0.25) is 0 Å². The largest absolute Gasteiger partial charge is 0.322 e. The molecule has 1 amide bonds. The number of hydrogen-bond donors (Lipinski definition) is 1. The van der Waals surface area contributed by atoms with E-state index < -0.39 is 23.4 Å². The quantitative estimate of drug-likeness (QED) is 0.803. The highest BCUT2D eigenvalue weighted by molar-refractivity contribution is 9.10. The van der Waals surface area contributed by atoms with Gasteiger partial charge in [0.15, 0.2) is 17.5 Å². The first-order valence-electron chi connectivity index (χ1n) is 5.60. The van der Waals surface area contributed by atoms with E-state index >= 15 is 0 Å². The van der Waals surface area contributed by atoms with Gasteiger partial charge in [0.05, 0.1) is 0 Å². The Bertz CT molecular complexity index is 665. The van der Waals surface area contributed by atoms with Crippen LogP contribution in [0.5, 0.6) is 0 Å². The first kappa shape index (κ1) is 14.6. The van der Waals surface area contributed by atoms with Crippen LogP contribution in [0.2, 0.25) is 0 Å². The molecule has 0 aliphatic carbocycles. The molecule has 0 aromatic heterocycles. The average molecular weight is 344 g/mol. The average Bonchev–Trinajstić information content (AvgIpc) is 2.39. The number of carbonyl (C=O) groups excluding carboxylic acids is 1. The molecule has 0 spiro atoms. The molecule has 20 heavy (non-hydrogen) atoms. The molecule has 0 saturated carbocycles. The minimum Gasteiger partial charge on any atom is -0.322 e. The van der Waals surface area contributed by atoms with Crippen molar-refractivity contribution >= 4 is 27.5 Å². The van der Waals surface area contributed by atoms with E-state index in [-0.39, 0.29) is 5.56 Å². The van der Waals surface area contributed by atoms with Gasteiger partial charge in [-0.1, -0.05) is 22.0 Å². The number of amides is 1. The van der Waals surface area contributed by atoms with Gasteiger partial charge in [-0.25, -0.2) is 13.2 Å². The van der Waals surface area contributed by atoms with Crippen molar-refractivity contribution in [2.75, 3.05) is 5.32 Å². The number of nitrogens with one attached hydrogen (secondary N) is 1. The van der Waals surface area contributed by atoms with Crippen molar-refractivity contribution in [1.82, 2.24) is 0 Å². The number of carbonyl (C=O) groups is 1. The highest BCUT2D eigenvalue weighted by atomic mass is 79.9. The van der Waals surface area contributed by atoms with Crippen molar-refractivity contribution in [3.8, 4) is 0 Å². The Hall–Kier alpha value is -1.82. The van der Waals surface area contributed by atoms with Crippen LogP contribution in [-0.4, -0.2) is 5.91 Å². The Morgan fingerprint density at radius 3 is 2.30 bits per heavy atom. The van der Waals surface area contributed by atoms with Crippen LogP contribution in [0, 0.1) is 24.4 Å². The van der Waals surface area contributed by atoms with Crippen molar-refractivity contribution in [2.45, 2.75) is 6.92 Å². The third-order valence-corrected chi connectivity index (χ3v) is 3.19. The first-order valence-corrected chi connectivity index (χ1v) is 6.40. The molecule has 1 N–H and O–H groups in total. The number of benzene rings is 2. The number of rotatable bonds is 2. The fourth-order valence-corrected chi connectivity index (χ4v) is 1.97. The fourth-order valence-electron chi connectivity index (χ4n) is 1.61. The molecule has 0 aliphatic heterocycles. The Kier molecular flexibility index (Phi) is 4.13. The smallest absolute Gasteiger partial charge is 0.255 e. The van der Waals surface area contributed by atoms with E-state index in [0.717, 1.165) is 10.0 Å². The molecule has 2 rings (SSSR count). The summed E-state index contributed by atoms with van der Waals surface area (Å²) >= 11 is 3.25. The lowest BCUT2D eigenvalue weighted by Crippen LogP contribution is -2.14. The fraction of sp³-hybridized carbons (Fsp3) is 0.0714. The molecule has 0 atom stereocenters. The minimum absolute atomic E-state index is 0.291. The SMILES string of the molecule is Cc1ccc(Br)cc1NC(=O)c1cc(F)c(F)c(F)c1. The predicted molar refractivity (Wildman–Crippen MR) is 73.1 cm³/mol. The summed E-state index contributed by atoms with van der Waals surface area (Å²) in [5.41, 5.74) is 0.986. The van der Waals surface area contributed by atoms with Crippen molar-refractivity contribution in [2.24, 2.45) is 0 Å². The van der Waals surface area contributed by atoms with Gasteiger partial charge in [-0.3, -0.25) is 4.79 Å². The molecule has 2 aromatic carbocycles. The molecular formula is C14H9BrF3NO. The zero-order valence-corrected chi connectivity index (χ0v) is 11.9. The Morgan fingerprint density at radius 2 is 1.70 bits per heavy atom. The summed E-state index contributed by atoms with van der Waals surface area (Å²) in [6, 6.07) is 6.53. The molecule has 0 bridgehead atoms. The Balaban J connectivity index is 2.31. The highest BCUT2D eigenvalue weighted by Crippen LogP contribution is 2.22. The summed E-state index contributed by atoms with van der Waals surface area (Å²) in [5, 5.41) is 2.52. The van der Waals surface area contributed by atoms with Gasteiger partial charge in [-0.2, -0.15) is 0 Å². The molecule has 2 aromatic rings. The van der Waals surface area contributed by atoms with E-state index in [9.17, 15) is 18.0 Å². The van der Waals surface area contributed by atoms with Crippen LogP contribution in [0.4, 0.5) is 18.9 Å². The van der Waals surface area contributed by atoms with E-state index in [4.69, 9.17) is 0 Å². The van der Waals surface area contributed by atoms with E-state index in [1.807, 2.05) is 0 Å². The third kappa shape index (κ3) is 3.01. The second-order valence-electron chi connectivity index (χ2n) is 4.17. The lowest BCUT2D eigenvalue weighted by Gasteiger charge is -2.09. The molecule has 0 unspecified atom stereocenters. The summed E-state index contributed by atoms with van der Waals surface area (Å²) in [6.07, 6.45) is 0. The van der Waals surface area contributed by atoms with Crippen LogP contribution in [0.25, 0.3) is 0 Å². The molecule has 0 heterocycles. The summed E-state index contributed by atoms with van der Waals surface area (Å²) in [5.74, 6) is -5.12. The lowest BCUT2D eigenvalue weighted by atomic mass is 10.1. The summed E-state index contributed by atoms with van der Waals surface area (Å²) < 4.78 is 39.7. The molecule has 2 nitrogen and oxygen atoms in total. The maximum Gasteiger partial charge on any atom is 0.255 e. The number of halogens is 4. The second-order valence-corrected chi connectivity index (χ2v) is 5.08. The number of hydrogen-bond acceptors (Lipinski definition) is 1. The number of anilines is 1. The standard InChI is InChI=1S/C14H9BrF3NO/c1-7-2-3-9(15)6-12(7)19-14(20)8-4-10(16)13(18)11(17)5-8/h2-6H,1H3,(H,19,20). The van der Waals surface area contributed by atoms with Gasteiger partial charge < -0.3 is 5.32 Å². The van der Waals surface area contributed by atoms with Gasteiger partial charge in [0, 0.05) is 15.7 Å². The van der Waals surface area contributed by atoms with Crippen molar-refractivity contribution in [3.63, 3.8) is 0 Å². The van der Waals surface area contributed by atoms with Gasteiger partial charge >= 0.3 is 0 Å². The molecule has 0 saturated heterocycles. The van der Waals surface area contributed by atoms with Crippen molar-refractivity contribution in [1.29, 1.82) is 0 Å². The van der Waals surface area contributed by atoms with E-state index in [1.54, 1.807) is 25.1 Å². The van der Waals surface area contributed by atoms with E-state index in [0.29, 0.717) is 17.8 Å². The van der Waals surface area contributed by atoms with Crippen molar-refractivity contribution in [3.05, 3.63) is 63.4 Å². The van der Waals surface area contributed by atoms with Crippen molar-refractivity contribution < 1.29 is 18.0 Å². The van der Waals surface area contributed by atoms with E-state index in [2.05, 4.69) is 21.2 Å². The maximum absolute atomic E-state index is 13.1. The monoisotopic (exact) mass is 343 g/mol. The summed E-state index contributed by atoms with van der Waals surface area (Å²) in [7, 11) is 0. The van der Waals surface area contributed by atoms with Crippen LogP contribution in [0.3, 0.4) is 0 Å². The molecule has 0 radical (unpaired) electrons. The zero-order chi connectivity index (χ0) is 14.9. The van der Waals surface area contributed by atoms with Crippen LogP contribution < -0.4 is 5.32 Å². The minimum atomic E-state index is -1.60. The second kappa shape index (κ2) is 5.66. The maximum atomic E-state index is 13.1. The molecule has 0 aliphatic rings. The van der Waals surface area contributed by atoms with Crippen LogP contribution in [-0.2, 0) is 0 Å². The molecule has 0 fully saturated rings. The van der Waals surface area contributed by atoms with Gasteiger partial charge in [0.1, 0.15) is 0 Å². The zero-order valence-electron chi connectivity index (χ0n) is 10.3. The van der Waals surface area contributed by atoms with Gasteiger partial charge in [-0.15, -0.1) is 0 Å². The lowest BCUT2D eigenvalue weighted by molar-refractivity contribution is 0.102.